The Morgan fingerprint density at radius 3 is 2.44 bits per heavy atom. The molecule has 0 fully saturated rings. The smallest absolute Gasteiger partial charge is 0.0341 e. The Balaban J connectivity index is 2.42. The molecular weight excluding hydrogens is 216 g/mol. The van der Waals surface area contributed by atoms with Gasteiger partial charge in [-0.15, -0.1) is 11.8 Å². The number of rotatable bonds is 7. The second-order valence-electron chi connectivity index (χ2n) is 3.85. The van der Waals surface area contributed by atoms with E-state index in [4.69, 9.17) is 5.73 Å². The van der Waals surface area contributed by atoms with Crippen LogP contribution in [-0.2, 0) is 0 Å². The summed E-state index contributed by atoms with van der Waals surface area (Å²) in [7, 11) is 0. The van der Waals surface area contributed by atoms with Gasteiger partial charge in [0.25, 0.3) is 0 Å². The molecule has 0 spiro atoms. The second kappa shape index (κ2) is 7.58. The van der Waals surface area contributed by atoms with Gasteiger partial charge in [0.05, 0.1) is 0 Å². The lowest BCUT2D eigenvalue weighted by atomic mass is 10.1. The first-order valence-electron chi connectivity index (χ1n) is 5.96. The number of nitrogens with one attached hydrogen (secondary N) is 1. The molecule has 0 aliphatic rings. The SMILES string of the molecule is CCSc1ccc(NCC(CC)CN)cc1. The van der Waals surface area contributed by atoms with E-state index < -0.39 is 0 Å². The van der Waals surface area contributed by atoms with Crippen molar-refractivity contribution in [1.82, 2.24) is 0 Å². The summed E-state index contributed by atoms with van der Waals surface area (Å²) < 4.78 is 0. The Bertz CT molecular complexity index is 280. The number of anilines is 1. The van der Waals surface area contributed by atoms with Crippen LogP contribution in [0.4, 0.5) is 5.69 Å². The van der Waals surface area contributed by atoms with E-state index in [2.05, 4.69) is 43.4 Å². The van der Waals surface area contributed by atoms with Crippen LogP contribution in [0.2, 0.25) is 0 Å². The molecule has 0 aliphatic carbocycles. The van der Waals surface area contributed by atoms with E-state index in [9.17, 15) is 0 Å². The average molecular weight is 238 g/mol. The van der Waals surface area contributed by atoms with E-state index in [-0.39, 0.29) is 0 Å². The van der Waals surface area contributed by atoms with E-state index in [0.29, 0.717) is 5.92 Å². The maximum atomic E-state index is 5.67. The first kappa shape index (κ1) is 13.4. The van der Waals surface area contributed by atoms with E-state index in [1.165, 1.54) is 10.6 Å². The highest BCUT2D eigenvalue weighted by Gasteiger charge is 2.02. The van der Waals surface area contributed by atoms with Crippen molar-refractivity contribution in [2.24, 2.45) is 11.7 Å². The second-order valence-corrected chi connectivity index (χ2v) is 5.19. The van der Waals surface area contributed by atoms with Crippen molar-refractivity contribution in [1.29, 1.82) is 0 Å². The molecule has 2 nitrogen and oxygen atoms in total. The molecule has 0 heterocycles. The molecule has 0 saturated heterocycles. The summed E-state index contributed by atoms with van der Waals surface area (Å²) in [5.41, 5.74) is 6.86. The van der Waals surface area contributed by atoms with Crippen molar-refractivity contribution in [3.05, 3.63) is 24.3 Å². The standard InChI is InChI=1S/C13H22N2S/c1-3-11(9-14)10-15-12-5-7-13(8-6-12)16-4-2/h5-8,11,15H,3-4,9-10,14H2,1-2H3. The van der Waals surface area contributed by atoms with Gasteiger partial charge in [-0.1, -0.05) is 20.3 Å². The maximum Gasteiger partial charge on any atom is 0.0341 e. The van der Waals surface area contributed by atoms with Gasteiger partial charge >= 0.3 is 0 Å². The zero-order valence-electron chi connectivity index (χ0n) is 10.2. The van der Waals surface area contributed by atoms with Crippen LogP contribution in [-0.4, -0.2) is 18.8 Å². The molecule has 0 bridgehead atoms. The van der Waals surface area contributed by atoms with Gasteiger partial charge in [-0.2, -0.15) is 0 Å². The summed E-state index contributed by atoms with van der Waals surface area (Å²) in [6.07, 6.45) is 1.13. The average Bonchev–Trinajstić information content (AvgIpc) is 2.33. The van der Waals surface area contributed by atoms with Crippen molar-refractivity contribution < 1.29 is 0 Å². The highest BCUT2D eigenvalue weighted by Crippen LogP contribution is 2.19. The third-order valence-electron chi connectivity index (χ3n) is 2.67. The van der Waals surface area contributed by atoms with Crippen LogP contribution in [0.25, 0.3) is 0 Å². The van der Waals surface area contributed by atoms with Gasteiger partial charge in [-0.05, 0) is 42.5 Å². The molecule has 0 aromatic heterocycles. The largest absolute Gasteiger partial charge is 0.385 e. The van der Waals surface area contributed by atoms with Crippen LogP contribution >= 0.6 is 11.8 Å². The van der Waals surface area contributed by atoms with Crippen molar-refractivity contribution in [3.8, 4) is 0 Å². The molecule has 1 aromatic rings. The fraction of sp³-hybridized carbons (Fsp3) is 0.538. The first-order valence-corrected chi connectivity index (χ1v) is 6.95. The lowest BCUT2D eigenvalue weighted by Crippen LogP contribution is -2.21. The zero-order chi connectivity index (χ0) is 11.8. The summed E-state index contributed by atoms with van der Waals surface area (Å²) in [5, 5.41) is 3.43. The minimum atomic E-state index is 0.574. The van der Waals surface area contributed by atoms with Crippen LogP contribution in [0.1, 0.15) is 20.3 Å². The van der Waals surface area contributed by atoms with Gasteiger partial charge in [0.1, 0.15) is 0 Å². The Hall–Kier alpha value is -0.670. The summed E-state index contributed by atoms with van der Waals surface area (Å²) in [4.78, 5) is 1.33. The molecule has 0 radical (unpaired) electrons. The fourth-order valence-electron chi connectivity index (χ4n) is 1.49. The molecule has 1 aromatic carbocycles. The zero-order valence-corrected chi connectivity index (χ0v) is 11.0. The molecule has 0 amide bonds. The Labute approximate surface area is 103 Å². The molecule has 1 rings (SSSR count). The Morgan fingerprint density at radius 1 is 1.25 bits per heavy atom. The van der Waals surface area contributed by atoms with E-state index in [1.807, 2.05) is 11.8 Å². The third-order valence-corrected chi connectivity index (χ3v) is 3.57. The highest BCUT2D eigenvalue weighted by atomic mass is 32.2. The molecule has 0 aliphatic heterocycles. The van der Waals surface area contributed by atoms with Crippen molar-refractivity contribution in [3.63, 3.8) is 0 Å². The summed E-state index contributed by atoms with van der Waals surface area (Å²) >= 11 is 1.87. The van der Waals surface area contributed by atoms with Crippen molar-refractivity contribution in [2.45, 2.75) is 25.2 Å². The molecule has 1 unspecified atom stereocenters. The molecule has 3 heteroatoms. The predicted molar refractivity (Wildman–Crippen MR) is 74.2 cm³/mol. The van der Waals surface area contributed by atoms with E-state index in [0.717, 1.165) is 25.3 Å². The first-order chi connectivity index (χ1) is 7.80. The molecule has 0 saturated carbocycles. The van der Waals surface area contributed by atoms with Crippen molar-refractivity contribution in [2.75, 3.05) is 24.2 Å². The number of hydrogen-bond donors (Lipinski definition) is 2. The van der Waals surface area contributed by atoms with Crippen LogP contribution in [0.5, 0.6) is 0 Å². The Kier molecular flexibility index (Phi) is 6.34. The van der Waals surface area contributed by atoms with Gasteiger partial charge in [0.2, 0.25) is 0 Å². The molecule has 16 heavy (non-hydrogen) atoms. The lowest BCUT2D eigenvalue weighted by Gasteiger charge is -2.14. The Morgan fingerprint density at radius 2 is 1.94 bits per heavy atom. The highest BCUT2D eigenvalue weighted by molar-refractivity contribution is 7.99. The van der Waals surface area contributed by atoms with Crippen LogP contribution in [0.15, 0.2) is 29.2 Å². The van der Waals surface area contributed by atoms with Crippen LogP contribution < -0.4 is 11.1 Å². The van der Waals surface area contributed by atoms with Crippen LogP contribution in [0.3, 0.4) is 0 Å². The number of hydrogen-bond acceptors (Lipinski definition) is 3. The molecule has 90 valence electrons. The minimum absolute atomic E-state index is 0.574. The van der Waals surface area contributed by atoms with Crippen molar-refractivity contribution >= 4 is 17.4 Å². The fourth-order valence-corrected chi connectivity index (χ4v) is 2.15. The minimum Gasteiger partial charge on any atom is -0.385 e. The third kappa shape index (κ3) is 4.45. The van der Waals surface area contributed by atoms with Gasteiger partial charge in [-0.3, -0.25) is 0 Å². The normalized spacial score (nSPS) is 12.4. The number of thioether (sulfide) groups is 1. The number of nitrogens with two attached hydrogens (primary N) is 1. The predicted octanol–water partition coefficient (Wildman–Crippen LogP) is 3.20. The van der Waals surface area contributed by atoms with Gasteiger partial charge in [0, 0.05) is 17.1 Å². The van der Waals surface area contributed by atoms with Gasteiger partial charge in [-0.25, -0.2) is 0 Å². The van der Waals surface area contributed by atoms with E-state index >= 15 is 0 Å². The quantitative estimate of drug-likeness (QED) is 0.716. The van der Waals surface area contributed by atoms with E-state index in [1.54, 1.807) is 0 Å². The van der Waals surface area contributed by atoms with Gasteiger partial charge < -0.3 is 11.1 Å². The number of benzene rings is 1. The van der Waals surface area contributed by atoms with Gasteiger partial charge in [0.15, 0.2) is 0 Å². The summed E-state index contributed by atoms with van der Waals surface area (Å²) in [6.45, 7) is 6.07. The topological polar surface area (TPSA) is 38.0 Å². The maximum absolute atomic E-state index is 5.67. The summed E-state index contributed by atoms with van der Waals surface area (Å²) in [5.74, 6) is 1.70. The van der Waals surface area contributed by atoms with Crippen LogP contribution in [0, 0.1) is 5.92 Å². The molecular formula is C13H22N2S. The molecule has 1 atom stereocenters. The summed E-state index contributed by atoms with van der Waals surface area (Å²) in [6, 6.07) is 8.61. The molecule has 3 N–H and O–H groups in total. The lowest BCUT2D eigenvalue weighted by molar-refractivity contribution is 0.548. The monoisotopic (exact) mass is 238 g/mol.